The Balaban J connectivity index is 1.25. The minimum Gasteiger partial charge on any atom is -0.481 e. The summed E-state index contributed by atoms with van der Waals surface area (Å²) in [6.07, 6.45) is 11.0. The number of ketones is 1. The number of hydrogen-bond acceptors (Lipinski definition) is 6. The highest BCUT2D eigenvalue weighted by Crippen LogP contribution is 2.38. The van der Waals surface area contributed by atoms with Gasteiger partial charge in [-0.15, -0.1) is 0 Å². The van der Waals surface area contributed by atoms with E-state index in [4.69, 9.17) is 4.98 Å². The number of carboxylic acid groups (broad SMARTS) is 1. The molecule has 3 heterocycles. The molecule has 0 saturated heterocycles. The molecule has 1 atom stereocenters. The number of nitrogens with one attached hydrogen (secondary N) is 1. The Labute approximate surface area is 182 Å². The number of carboxylic acids is 1. The Morgan fingerprint density at radius 2 is 1.94 bits per heavy atom. The average Bonchev–Trinajstić information content (AvgIpc) is 3.61. The number of anilines is 1. The molecule has 0 spiro atoms. The van der Waals surface area contributed by atoms with E-state index in [0.717, 1.165) is 74.4 Å². The molecule has 7 heteroatoms. The van der Waals surface area contributed by atoms with E-state index in [1.165, 1.54) is 5.56 Å². The Kier molecular flexibility index (Phi) is 6.89. The maximum Gasteiger partial charge on any atom is 0.303 e. The molecule has 7 nitrogen and oxygen atoms in total. The van der Waals surface area contributed by atoms with Gasteiger partial charge in [0.25, 0.3) is 0 Å². The van der Waals surface area contributed by atoms with Crippen LogP contribution in [0.5, 0.6) is 0 Å². The van der Waals surface area contributed by atoms with Crippen molar-refractivity contribution < 1.29 is 14.7 Å². The lowest BCUT2D eigenvalue weighted by atomic mass is 9.91. The van der Waals surface area contributed by atoms with Gasteiger partial charge in [-0.2, -0.15) is 0 Å². The number of carbonyl (C=O) groups is 2. The minimum atomic E-state index is -0.906. The quantitative estimate of drug-likeness (QED) is 0.527. The number of pyridine rings is 1. The summed E-state index contributed by atoms with van der Waals surface area (Å²) in [6, 6.07) is 4.24. The van der Waals surface area contributed by atoms with E-state index in [1.807, 2.05) is 0 Å². The summed E-state index contributed by atoms with van der Waals surface area (Å²) in [6.45, 7) is 0.976. The predicted molar refractivity (Wildman–Crippen MR) is 117 cm³/mol. The van der Waals surface area contributed by atoms with Crippen LogP contribution in [0.3, 0.4) is 0 Å². The van der Waals surface area contributed by atoms with Crippen molar-refractivity contribution in [2.45, 2.75) is 76.0 Å². The monoisotopic (exact) mass is 422 g/mol. The first-order chi connectivity index (χ1) is 15.1. The van der Waals surface area contributed by atoms with Crippen molar-refractivity contribution in [2.24, 2.45) is 0 Å². The first kappa shape index (κ1) is 21.4. The number of carbonyl (C=O) groups excluding carboxylic acids is 1. The number of hydrogen-bond donors (Lipinski definition) is 2. The average molecular weight is 423 g/mol. The first-order valence-corrected chi connectivity index (χ1v) is 11.4. The minimum absolute atomic E-state index is 0.0794. The Morgan fingerprint density at radius 3 is 2.68 bits per heavy atom. The zero-order valence-electron chi connectivity index (χ0n) is 17.8. The zero-order valence-corrected chi connectivity index (χ0v) is 17.8. The van der Waals surface area contributed by atoms with Gasteiger partial charge in [-0.05, 0) is 62.1 Å². The molecule has 164 valence electrons. The number of rotatable bonds is 11. The number of aliphatic carboxylic acids is 1. The second-order valence-electron chi connectivity index (χ2n) is 8.73. The van der Waals surface area contributed by atoms with E-state index >= 15 is 0 Å². The largest absolute Gasteiger partial charge is 0.481 e. The standard InChI is InChI=1S/C24H30N4O3/c29-21(6-2-1-5-20-10-9-16-4-3-11-25-24(16)28-20)12-18(13-22(30)31)19-14-26-23(27-15-19)17-7-8-17/h9-10,14-15,17-18H,1-8,11-13H2,(H,25,28)(H,30,31). The third kappa shape index (κ3) is 6.09. The summed E-state index contributed by atoms with van der Waals surface area (Å²) >= 11 is 0. The fourth-order valence-electron chi connectivity index (χ4n) is 4.14. The van der Waals surface area contributed by atoms with Gasteiger partial charge in [0, 0.05) is 49.3 Å². The summed E-state index contributed by atoms with van der Waals surface area (Å²) in [7, 11) is 0. The fraction of sp³-hybridized carbons (Fsp3) is 0.542. The third-order valence-corrected chi connectivity index (χ3v) is 6.09. The number of unbranched alkanes of at least 4 members (excludes halogenated alkanes) is 1. The van der Waals surface area contributed by atoms with Gasteiger partial charge < -0.3 is 10.4 Å². The normalized spacial score (nSPS) is 16.3. The molecule has 0 aromatic carbocycles. The molecule has 0 bridgehead atoms. The van der Waals surface area contributed by atoms with Gasteiger partial charge in [-0.3, -0.25) is 9.59 Å². The van der Waals surface area contributed by atoms with Crippen LogP contribution < -0.4 is 5.32 Å². The van der Waals surface area contributed by atoms with Crippen molar-refractivity contribution in [2.75, 3.05) is 11.9 Å². The Hall–Kier alpha value is -2.83. The van der Waals surface area contributed by atoms with Crippen LogP contribution in [-0.4, -0.2) is 38.4 Å². The molecule has 0 amide bonds. The Morgan fingerprint density at radius 1 is 1.13 bits per heavy atom. The van der Waals surface area contributed by atoms with E-state index < -0.39 is 5.97 Å². The smallest absolute Gasteiger partial charge is 0.303 e. The van der Waals surface area contributed by atoms with Crippen molar-refractivity contribution in [3.63, 3.8) is 0 Å². The zero-order chi connectivity index (χ0) is 21.6. The fourth-order valence-corrected chi connectivity index (χ4v) is 4.14. The van der Waals surface area contributed by atoms with Gasteiger partial charge in [-0.25, -0.2) is 15.0 Å². The maximum absolute atomic E-state index is 12.5. The van der Waals surface area contributed by atoms with Crippen LogP contribution in [0.15, 0.2) is 24.5 Å². The molecule has 2 aliphatic rings. The third-order valence-electron chi connectivity index (χ3n) is 6.09. The number of Topliss-reactive ketones (excluding diaryl/α,β-unsaturated/α-hetero) is 1. The van der Waals surface area contributed by atoms with Crippen molar-refractivity contribution in [3.05, 3.63) is 47.2 Å². The van der Waals surface area contributed by atoms with E-state index in [2.05, 4.69) is 27.4 Å². The van der Waals surface area contributed by atoms with E-state index in [1.54, 1.807) is 12.4 Å². The summed E-state index contributed by atoms with van der Waals surface area (Å²) in [4.78, 5) is 37.3. The molecule has 1 unspecified atom stereocenters. The maximum atomic E-state index is 12.5. The molecule has 1 saturated carbocycles. The summed E-state index contributed by atoms with van der Waals surface area (Å²) in [5.74, 6) is 1.11. The number of aryl methyl sites for hydroxylation is 2. The van der Waals surface area contributed by atoms with Gasteiger partial charge in [0.05, 0.1) is 6.42 Å². The van der Waals surface area contributed by atoms with E-state index in [0.29, 0.717) is 12.3 Å². The summed E-state index contributed by atoms with van der Waals surface area (Å²) in [5, 5.41) is 12.6. The highest BCUT2D eigenvalue weighted by molar-refractivity contribution is 5.80. The highest BCUT2D eigenvalue weighted by atomic mass is 16.4. The molecule has 4 rings (SSSR count). The molecule has 31 heavy (non-hydrogen) atoms. The van der Waals surface area contributed by atoms with Crippen molar-refractivity contribution >= 4 is 17.6 Å². The summed E-state index contributed by atoms with van der Waals surface area (Å²) in [5.41, 5.74) is 3.08. The van der Waals surface area contributed by atoms with Crippen LogP contribution in [0, 0.1) is 0 Å². The lowest BCUT2D eigenvalue weighted by Crippen LogP contribution is -2.14. The SMILES string of the molecule is O=C(O)CC(CC(=O)CCCCc1ccc2c(n1)NCCC2)c1cnc(C2CC2)nc1. The molecule has 2 aromatic heterocycles. The van der Waals surface area contributed by atoms with Crippen molar-refractivity contribution in [1.82, 2.24) is 15.0 Å². The molecule has 1 aliphatic heterocycles. The Bertz CT molecular complexity index is 925. The van der Waals surface area contributed by atoms with Gasteiger partial charge in [0.1, 0.15) is 17.4 Å². The van der Waals surface area contributed by atoms with Gasteiger partial charge in [0.2, 0.25) is 0 Å². The lowest BCUT2D eigenvalue weighted by Gasteiger charge is -2.17. The van der Waals surface area contributed by atoms with Crippen LogP contribution >= 0.6 is 0 Å². The van der Waals surface area contributed by atoms with Crippen LogP contribution in [0.2, 0.25) is 0 Å². The predicted octanol–water partition coefficient (Wildman–Crippen LogP) is 4.04. The second-order valence-corrected chi connectivity index (χ2v) is 8.73. The number of fused-ring (bicyclic) bond motifs is 1. The molecule has 0 radical (unpaired) electrons. The van der Waals surface area contributed by atoms with Crippen molar-refractivity contribution in [3.8, 4) is 0 Å². The van der Waals surface area contributed by atoms with Crippen LogP contribution in [0.4, 0.5) is 5.82 Å². The number of nitrogens with zero attached hydrogens (tertiary/aromatic N) is 3. The van der Waals surface area contributed by atoms with Crippen LogP contribution in [0.25, 0.3) is 0 Å². The number of aromatic nitrogens is 3. The molecule has 1 fully saturated rings. The molecule has 2 N–H and O–H groups in total. The van der Waals surface area contributed by atoms with Crippen LogP contribution in [0.1, 0.15) is 85.8 Å². The molecular formula is C24H30N4O3. The second kappa shape index (κ2) is 9.98. The van der Waals surface area contributed by atoms with Crippen LogP contribution in [-0.2, 0) is 22.4 Å². The highest BCUT2D eigenvalue weighted by Gasteiger charge is 2.27. The topological polar surface area (TPSA) is 105 Å². The lowest BCUT2D eigenvalue weighted by molar-refractivity contribution is -0.137. The molecule has 2 aromatic rings. The summed E-state index contributed by atoms with van der Waals surface area (Å²) < 4.78 is 0. The van der Waals surface area contributed by atoms with E-state index in [9.17, 15) is 14.7 Å². The van der Waals surface area contributed by atoms with Gasteiger partial charge in [-0.1, -0.05) is 6.07 Å². The molecule has 1 aliphatic carbocycles. The van der Waals surface area contributed by atoms with Crippen molar-refractivity contribution in [1.29, 1.82) is 0 Å². The van der Waals surface area contributed by atoms with E-state index in [-0.39, 0.29) is 24.5 Å². The molecular weight excluding hydrogens is 392 g/mol. The first-order valence-electron chi connectivity index (χ1n) is 11.4. The van der Waals surface area contributed by atoms with Gasteiger partial charge in [0.15, 0.2) is 0 Å². The van der Waals surface area contributed by atoms with Gasteiger partial charge >= 0.3 is 5.97 Å².